The maximum atomic E-state index is 14.3. The number of carbonyl (C=O) groups is 2. The molecule has 3 aliphatic heterocycles. The number of allylic oxidation sites excluding steroid dienone is 2. The molecule has 1 aromatic carbocycles. The minimum Gasteiger partial charge on any atom is -0.505 e. The Morgan fingerprint density at radius 1 is 1.20 bits per heavy atom. The van der Waals surface area contributed by atoms with Crippen LogP contribution in [0.15, 0.2) is 59.7 Å². The van der Waals surface area contributed by atoms with Crippen LogP contribution in [0.5, 0.6) is 5.75 Å². The lowest BCUT2D eigenvalue weighted by Crippen LogP contribution is -2.47. The summed E-state index contributed by atoms with van der Waals surface area (Å²) in [4.78, 5) is 51.1. The number of alkyl halides is 3. The van der Waals surface area contributed by atoms with Crippen LogP contribution in [0.25, 0.3) is 11.4 Å². The van der Waals surface area contributed by atoms with Gasteiger partial charge in [-0.2, -0.15) is 22.7 Å². The van der Waals surface area contributed by atoms with Crippen molar-refractivity contribution < 1.29 is 32.6 Å². The first-order chi connectivity index (χ1) is 24.3. The monoisotopic (exact) mass is 726 g/mol. The number of hydrogen-bond donors (Lipinski definition) is 4. The highest BCUT2D eigenvalue weighted by Gasteiger charge is 2.48. The molecule has 19 heteroatoms. The Morgan fingerprint density at radius 3 is 2.65 bits per heavy atom. The molecular weight excluding hydrogens is 697 g/mol. The standard InChI is InChI=1S/C32H30ClF3N10O5/c33-20-13-18(32(34,35)36)3-4-21(20)40-24(48)15-44-22-16-51-31(6-10-43(11-7-31)29(50)26-23(47)2-1-8-39-26)25(22)28(49)46-30(44)41-27(42-46)17-5-9-45(38)19(12-17)14-37/h1-5,8-9,12-13,19,47H,6-7,10-11,14-16,37-38H2,(H,40,48). The van der Waals surface area contributed by atoms with Gasteiger partial charge in [0.1, 0.15) is 17.9 Å². The predicted octanol–water partition coefficient (Wildman–Crippen LogP) is 2.38. The fraction of sp³-hybridized carbons (Fsp3) is 0.312. The van der Waals surface area contributed by atoms with Gasteiger partial charge in [-0.25, -0.2) is 10.8 Å². The number of amides is 2. The van der Waals surface area contributed by atoms with E-state index in [1.165, 1.54) is 32.8 Å². The number of hydrazine groups is 1. The van der Waals surface area contributed by atoms with Gasteiger partial charge < -0.3 is 35.4 Å². The minimum atomic E-state index is -4.63. The fourth-order valence-corrected chi connectivity index (χ4v) is 6.77. The second-order valence-electron chi connectivity index (χ2n) is 12.2. The molecule has 266 valence electrons. The SMILES string of the molecule is NCC1C=C(c2nc3n(CC(=O)Nc4ccc(C(F)(F)F)cc4Cl)c4c(c(=O)n3n2)C2(CCN(C(=O)c3ncccc3O)CC2)OC4)C=CN1N. The van der Waals surface area contributed by atoms with E-state index in [0.717, 1.165) is 16.6 Å². The summed E-state index contributed by atoms with van der Waals surface area (Å²) in [6, 6.07) is 5.06. The number of hydrogen-bond acceptors (Lipinski definition) is 11. The normalized spacial score (nSPS) is 18.3. The van der Waals surface area contributed by atoms with Crippen molar-refractivity contribution in [2.75, 3.05) is 25.0 Å². The number of ether oxygens (including phenoxy) is 1. The van der Waals surface area contributed by atoms with E-state index in [9.17, 15) is 32.7 Å². The zero-order valence-electron chi connectivity index (χ0n) is 26.6. The molecule has 2 amide bonds. The lowest BCUT2D eigenvalue weighted by Gasteiger charge is -2.38. The van der Waals surface area contributed by atoms with Gasteiger partial charge in [0.15, 0.2) is 11.5 Å². The first-order valence-electron chi connectivity index (χ1n) is 15.7. The number of rotatable bonds is 6. The summed E-state index contributed by atoms with van der Waals surface area (Å²) >= 11 is 6.11. The number of aromatic nitrogens is 5. The molecule has 1 fully saturated rings. The summed E-state index contributed by atoms with van der Waals surface area (Å²) in [6.07, 6.45) is 2.16. The Bertz CT molecular complexity index is 2190. The van der Waals surface area contributed by atoms with Crippen molar-refractivity contribution in [1.82, 2.24) is 34.1 Å². The van der Waals surface area contributed by atoms with Crippen molar-refractivity contribution >= 4 is 40.5 Å². The number of nitrogens with one attached hydrogen (secondary N) is 1. The van der Waals surface area contributed by atoms with Crippen LogP contribution in [0.1, 0.15) is 46.0 Å². The number of likely N-dealkylation sites (tertiary alicyclic amines) is 1. The molecule has 1 unspecified atom stereocenters. The predicted molar refractivity (Wildman–Crippen MR) is 176 cm³/mol. The zero-order chi connectivity index (χ0) is 36.2. The molecule has 6 N–H and O–H groups in total. The van der Waals surface area contributed by atoms with Crippen LogP contribution in [0.3, 0.4) is 0 Å². The summed E-state index contributed by atoms with van der Waals surface area (Å²) in [5, 5.41) is 18.3. The van der Waals surface area contributed by atoms with Crippen molar-refractivity contribution in [2.45, 2.75) is 43.8 Å². The largest absolute Gasteiger partial charge is 0.505 e. The maximum Gasteiger partial charge on any atom is 0.416 e. The average Bonchev–Trinajstić information content (AvgIpc) is 3.71. The van der Waals surface area contributed by atoms with E-state index in [2.05, 4.69) is 20.4 Å². The number of nitrogens with zero attached hydrogens (tertiary/aromatic N) is 7. The first kappa shape index (κ1) is 34.2. The van der Waals surface area contributed by atoms with Crippen molar-refractivity contribution in [3.8, 4) is 5.75 Å². The van der Waals surface area contributed by atoms with Gasteiger partial charge in [-0.05, 0) is 55.3 Å². The number of aromatic hydroxyl groups is 1. The van der Waals surface area contributed by atoms with Gasteiger partial charge in [0, 0.05) is 37.6 Å². The molecule has 0 aliphatic carbocycles. The second kappa shape index (κ2) is 12.8. The van der Waals surface area contributed by atoms with Crippen molar-refractivity contribution in [1.29, 1.82) is 0 Å². The van der Waals surface area contributed by atoms with Gasteiger partial charge >= 0.3 is 6.18 Å². The molecule has 6 heterocycles. The minimum absolute atomic E-state index is 0.00934. The van der Waals surface area contributed by atoms with Crippen LogP contribution < -0.4 is 22.5 Å². The third kappa shape index (κ3) is 6.09. The van der Waals surface area contributed by atoms with Crippen LogP contribution in [0, 0.1) is 0 Å². The molecule has 0 radical (unpaired) electrons. The highest BCUT2D eigenvalue weighted by molar-refractivity contribution is 6.33. The smallest absolute Gasteiger partial charge is 0.416 e. The van der Waals surface area contributed by atoms with Crippen LogP contribution in [-0.2, 0) is 34.5 Å². The lowest BCUT2D eigenvalue weighted by atomic mass is 9.85. The molecule has 51 heavy (non-hydrogen) atoms. The van der Waals surface area contributed by atoms with Crippen LogP contribution in [0.2, 0.25) is 5.02 Å². The second-order valence-corrected chi connectivity index (χ2v) is 12.6. The number of pyridine rings is 1. The van der Waals surface area contributed by atoms with Crippen LogP contribution in [0.4, 0.5) is 18.9 Å². The van der Waals surface area contributed by atoms with E-state index in [1.807, 2.05) is 0 Å². The number of nitrogens with two attached hydrogens (primary N) is 2. The van der Waals surface area contributed by atoms with Crippen LogP contribution in [-0.4, -0.2) is 76.7 Å². The highest BCUT2D eigenvalue weighted by atomic mass is 35.5. The fourth-order valence-electron chi connectivity index (χ4n) is 6.54. The van der Waals surface area contributed by atoms with E-state index < -0.39 is 41.3 Å². The topological polar surface area (TPSA) is 199 Å². The van der Waals surface area contributed by atoms with Crippen molar-refractivity contribution in [2.24, 2.45) is 11.6 Å². The Kier molecular flexibility index (Phi) is 8.57. The Labute approximate surface area is 291 Å². The summed E-state index contributed by atoms with van der Waals surface area (Å²) < 4.78 is 48.5. The van der Waals surface area contributed by atoms with Crippen molar-refractivity contribution in [3.63, 3.8) is 0 Å². The molecule has 3 aliphatic rings. The highest BCUT2D eigenvalue weighted by Crippen LogP contribution is 2.43. The molecule has 7 rings (SSSR count). The molecule has 4 aromatic rings. The number of carbonyl (C=O) groups excluding carboxylic acids is 2. The van der Waals surface area contributed by atoms with Gasteiger partial charge in [-0.15, -0.1) is 5.10 Å². The molecule has 15 nitrogen and oxygen atoms in total. The summed E-state index contributed by atoms with van der Waals surface area (Å²) in [5.41, 5.74) is 4.17. The van der Waals surface area contributed by atoms with E-state index in [-0.39, 0.29) is 84.4 Å². The van der Waals surface area contributed by atoms with E-state index in [4.69, 9.17) is 27.9 Å². The van der Waals surface area contributed by atoms with Crippen LogP contribution >= 0.6 is 11.6 Å². The zero-order valence-corrected chi connectivity index (χ0v) is 27.4. The maximum absolute atomic E-state index is 14.3. The lowest BCUT2D eigenvalue weighted by molar-refractivity contribution is -0.137. The van der Waals surface area contributed by atoms with E-state index in [1.54, 1.807) is 18.4 Å². The third-order valence-electron chi connectivity index (χ3n) is 9.19. The number of anilines is 1. The Balaban J connectivity index is 1.26. The van der Waals surface area contributed by atoms with E-state index >= 15 is 0 Å². The van der Waals surface area contributed by atoms with Gasteiger partial charge in [-0.1, -0.05) is 11.6 Å². The number of benzene rings is 1. The first-order valence-corrected chi connectivity index (χ1v) is 16.1. The van der Waals surface area contributed by atoms with Gasteiger partial charge in [0.25, 0.3) is 11.5 Å². The summed E-state index contributed by atoms with van der Waals surface area (Å²) in [7, 11) is 0. The van der Waals surface area contributed by atoms with E-state index in [0.29, 0.717) is 17.3 Å². The molecule has 1 atom stereocenters. The van der Waals surface area contributed by atoms with Gasteiger partial charge in [0.2, 0.25) is 11.7 Å². The molecule has 1 spiro atoms. The number of halogens is 4. The summed E-state index contributed by atoms with van der Waals surface area (Å²) in [5.74, 6) is 4.74. The number of fused-ring (bicyclic) bond motifs is 3. The van der Waals surface area contributed by atoms with Crippen molar-refractivity contribution in [3.05, 3.63) is 98.6 Å². The summed E-state index contributed by atoms with van der Waals surface area (Å²) in [6.45, 7) is -0.0249. The molecule has 0 saturated carbocycles. The molecule has 1 saturated heterocycles. The van der Waals surface area contributed by atoms with Gasteiger partial charge in [-0.3, -0.25) is 14.4 Å². The average molecular weight is 727 g/mol. The third-order valence-corrected chi connectivity index (χ3v) is 9.51. The molecule has 0 bridgehead atoms. The molecular formula is C32H30ClF3N10O5. The number of piperidine rings is 1. The Morgan fingerprint density at radius 2 is 1.96 bits per heavy atom. The van der Waals surface area contributed by atoms with Gasteiger partial charge in [0.05, 0.1) is 40.2 Å². The quantitative estimate of drug-likeness (QED) is 0.213. The molecule has 3 aromatic heterocycles. The Hall–Kier alpha value is -5.30.